The Hall–Kier alpha value is -3.30. The van der Waals surface area contributed by atoms with Gasteiger partial charge in [0.2, 0.25) is 10.0 Å². The minimum Gasteiger partial charge on any atom is -0.480 e. The number of hydrogen-bond acceptors (Lipinski definition) is 6. The molecule has 0 aliphatic heterocycles. The first kappa shape index (κ1) is 24.8. The molecule has 0 atom stereocenters. The smallest absolute Gasteiger partial charge is 0.322 e. The molecule has 2 N–H and O–H groups in total. The van der Waals surface area contributed by atoms with E-state index in [1.807, 2.05) is 12.1 Å². The largest absolute Gasteiger partial charge is 0.480 e. The molecule has 0 unspecified atom stereocenters. The SMILES string of the molecule is O=C(O)CNc1cccc(CN(Cc2ccc(C3CCCCC3)cc2)S(=O)(=O)c2cccnc2)n1. The number of nitrogens with zero attached hydrogens (tertiary/aromatic N) is 3. The van der Waals surface area contributed by atoms with Gasteiger partial charge in [-0.15, -0.1) is 0 Å². The fraction of sp³-hybridized carbons (Fsp3) is 0.346. The van der Waals surface area contributed by atoms with Crippen molar-refractivity contribution in [3.05, 3.63) is 83.8 Å². The highest BCUT2D eigenvalue weighted by Gasteiger charge is 2.26. The molecule has 184 valence electrons. The van der Waals surface area contributed by atoms with Crippen LogP contribution in [-0.2, 0) is 27.9 Å². The lowest BCUT2D eigenvalue weighted by molar-refractivity contribution is -0.134. The molecule has 0 bridgehead atoms. The number of sulfonamides is 1. The Bertz CT molecular complexity index is 1230. The van der Waals surface area contributed by atoms with Crippen molar-refractivity contribution in [2.75, 3.05) is 11.9 Å². The van der Waals surface area contributed by atoms with Crippen LogP contribution in [0.25, 0.3) is 0 Å². The standard InChI is InChI=1S/C26H30N4O4S/c31-26(32)17-28-25-10-4-8-23(29-25)19-30(35(33,34)24-9-5-15-27-16-24)18-20-11-13-22(14-12-20)21-6-2-1-3-7-21/h4-5,8-16,21H,1-3,6-7,17-19H2,(H,28,29)(H,31,32). The van der Waals surface area contributed by atoms with E-state index in [0.717, 1.165) is 5.56 Å². The third kappa shape index (κ3) is 6.64. The number of nitrogens with one attached hydrogen (secondary N) is 1. The van der Waals surface area contributed by atoms with Crippen molar-refractivity contribution in [2.45, 2.75) is 56.0 Å². The Kier molecular flexibility index (Phi) is 8.09. The van der Waals surface area contributed by atoms with E-state index < -0.39 is 16.0 Å². The van der Waals surface area contributed by atoms with E-state index in [4.69, 9.17) is 5.11 Å². The highest BCUT2D eigenvalue weighted by atomic mass is 32.2. The van der Waals surface area contributed by atoms with Gasteiger partial charge in [0, 0.05) is 18.9 Å². The number of benzene rings is 1. The van der Waals surface area contributed by atoms with Gasteiger partial charge >= 0.3 is 5.97 Å². The number of rotatable bonds is 10. The number of aliphatic carboxylic acids is 1. The maximum absolute atomic E-state index is 13.5. The van der Waals surface area contributed by atoms with Crippen LogP contribution in [0.1, 0.15) is 54.8 Å². The number of aromatic nitrogens is 2. The van der Waals surface area contributed by atoms with Crippen LogP contribution < -0.4 is 5.32 Å². The summed E-state index contributed by atoms with van der Waals surface area (Å²) in [7, 11) is -3.85. The molecular weight excluding hydrogens is 464 g/mol. The Morgan fingerprint density at radius 3 is 2.46 bits per heavy atom. The van der Waals surface area contributed by atoms with Crippen molar-refractivity contribution in [3.63, 3.8) is 0 Å². The zero-order chi connectivity index (χ0) is 24.7. The summed E-state index contributed by atoms with van der Waals surface area (Å²) in [6.07, 6.45) is 9.11. The number of hydrogen-bond donors (Lipinski definition) is 2. The molecule has 0 amide bonds. The van der Waals surface area contributed by atoms with Gasteiger partial charge in [-0.2, -0.15) is 4.31 Å². The van der Waals surface area contributed by atoms with Gasteiger partial charge in [-0.1, -0.05) is 49.6 Å². The van der Waals surface area contributed by atoms with Crippen molar-refractivity contribution >= 4 is 21.8 Å². The molecule has 2 heterocycles. The molecule has 35 heavy (non-hydrogen) atoms. The summed E-state index contributed by atoms with van der Waals surface area (Å²) < 4.78 is 28.4. The second-order valence-electron chi connectivity index (χ2n) is 8.80. The monoisotopic (exact) mass is 494 g/mol. The number of carboxylic acid groups (broad SMARTS) is 1. The molecule has 0 saturated heterocycles. The normalized spacial score (nSPS) is 14.7. The molecule has 8 nitrogen and oxygen atoms in total. The van der Waals surface area contributed by atoms with Crippen LogP contribution in [0, 0.1) is 0 Å². The van der Waals surface area contributed by atoms with Gasteiger partial charge in [0.05, 0.1) is 12.2 Å². The van der Waals surface area contributed by atoms with Crippen LogP contribution in [0.4, 0.5) is 5.82 Å². The molecule has 2 aromatic heterocycles. The molecule has 0 radical (unpaired) electrons. The second-order valence-corrected chi connectivity index (χ2v) is 10.7. The van der Waals surface area contributed by atoms with Crippen LogP contribution in [0.15, 0.2) is 71.9 Å². The van der Waals surface area contributed by atoms with E-state index in [-0.39, 0.29) is 24.5 Å². The summed E-state index contributed by atoms with van der Waals surface area (Å²) in [5, 5.41) is 11.6. The first-order valence-electron chi connectivity index (χ1n) is 11.8. The minimum atomic E-state index is -3.85. The zero-order valence-corrected chi connectivity index (χ0v) is 20.3. The predicted octanol–water partition coefficient (Wildman–Crippen LogP) is 4.41. The number of carboxylic acids is 1. The number of pyridine rings is 2. The Labute approximate surface area is 206 Å². The first-order chi connectivity index (χ1) is 16.9. The third-order valence-corrected chi connectivity index (χ3v) is 8.03. The van der Waals surface area contributed by atoms with Crippen molar-refractivity contribution < 1.29 is 18.3 Å². The highest BCUT2D eigenvalue weighted by molar-refractivity contribution is 7.89. The van der Waals surface area contributed by atoms with Gasteiger partial charge in [0.15, 0.2) is 0 Å². The van der Waals surface area contributed by atoms with Crippen LogP contribution in [0.2, 0.25) is 0 Å². The van der Waals surface area contributed by atoms with Gasteiger partial charge in [-0.05, 0) is 54.2 Å². The van der Waals surface area contributed by atoms with E-state index in [2.05, 4.69) is 27.4 Å². The Morgan fingerprint density at radius 2 is 1.77 bits per heavy atom. The van der Waals surface area contributed by atoms with Crippen molar-refractivity contribution in [2.24, 2.45) is 0 Å². The average molecular weight is 495 g/mol. The highest BCUT2D eigenvalue weighted by Crippen LogP contribution is 2.33. The molecule has 1 aliphatic carbocycles. The predicted molar refractivity (Wildman–Crippen MR) is 133 cm³/mol. The van der Waals surface area contributed by atoms with Gasteiger partial charge in [-0.3, -0.25) is 9.78 Å². The van der Waals surface area contributed by atoms with Crippen molar-refractivity contribution in [3.8, 4) is 0 Å². The van der Waals surface area contributed by atoms with E-state index >= 15 is 0 Å². The molecule has 1 fully saturated rings. The van der Waals surface area contributed by atoms with Crippen LogP contribution in [0.3, 0.4) is 0 Å². The summed E-state index contributed by atoms with van der Waals surface area (Å²) >= 11 is 0. The summed E-state index contributed by atoms with van der Waals surface area (Å²) in [5.74, 6) is -0.0478. The Morgan fingerprint density at radius 1 is 1.00 bits per heavy atom. The molecule has 3 aromatic rings. The Balaban J connectivity index is 1.57. The maximum Gasteiger partial charge on any atom is 0.322 e. The van der Waals surface area contributed by atoms with Crippen LogP contribution in [-0.4, -0.2) is 40.3 Å². The van der Waals surface area contributed by atoms with Crippen LogP contribution >= 0.6 is 0 Å². The number of carbonyl (C=O) groups is 1. The molecule has 1 aliphatic rings. The average Bonchev–Trinajstić information content (AvgIpc) is 2.89. The summed E-state index contributed by atoms with van der Waals surface area (Å²) in [6, 6.07) is 16.5. The van der Waals surface area contributed by atoms with Gasteiger partial charge in [0.25, 0.3) is 0 Å². The maximum atomic E-state index is 13.5. The quantitative estimate of drug-likeness (QED) is 0.429. The molecule has 4 rings (SSSR count). The molecule has 1 saturated carbocycles. The van der Waals surface area contributed by atoms with Gasteiger partial charge < -0.3 is 10.4 Å². The van der Waals surface area contributed by atoms with E-state index in [0.29, 0.717) is 17.4 Å². The lowest BCUT2D eigenvalue weighted by Gasteiger charge is -2.24. The fourth-order valence-electron chi connectivity index (χ4n) is 4.42. The van der Waals surface area contributed by atoms with E-state index in [1.165, 1.54) is 60.4 Å². The molecular formula is C26H30N4O4S. The first-order valence-corrected chi connectivity index (χ1v) is 13.3. The second kappa shape index (κ2) is 11.4. The van der Waals surface area contributed by atoms with E-state index in [9.17, 15) is 13.2 Å². The van der Waals surface area contributed by atoms with Gasteiger partial charge in [0.1, 0.15) is 17.3 Å². The van der Waals surface area contributed by atoms with E-state index in [1.54, 1.807) is 24.3 Å². The molecule has 9 heteroatoms. The summed E-state index contributed by atoms with van der Waals surface area (Å²) in [5.41, 5.74) is 2.71. The molecule has 0 spiro atoms. The lowest BCUT2D eigenvalue weighted by Crippen LogP contribution is -2.31. The topological polar surface area (TPSA) is 112 Å². The number of anilines is 1. The third-order valence-electron chi connectivity index (χ3n) is 6.25. The van der Waals surface area contributed by atoms with Crippen molar-refractivity contribution in [1.82, 2.24) is 14.3 Å². The molecule has 1 aromatic carbocycles. The minimum absolute atomic E-state index is 0.0319. The fourth-order valence-corrected chi connectivity index (χ4v) is 5.79. The van der Waals surface area contributed by atoms with Crippen molar-refractivity contribution in [1.29, 1.82) is 0 Å². The summed E-state index contributed by atoms with van der Waals surface area (Å²) in [4.78, 5) is 19.4. The van der Waals surface area contributed by atoms with Crippen LogP contribution in [0.5, 0.6) is 0 Å². The van der Waals surface area contributed by atoms with Gasteiger partial charge in [-0.25, -0.2) is 13.4 Å². The zero-order valence-electron chi connectivity index (χ0n) is 19.5. The summed E-state index contributed by atoms with van der Waals surface area (Å²) in [6.45, 7) is -0.0671. The lowest BCUT2D eigenvalue weighted by atomic mass is 9.84.